The van der Waals surface area contributed by atoms with Gasteiger partial charge in [0.2, 0.25) is 0 Å². The van der Waals surface area contributed by atoms with Crippen molar-refractivity contribution in [2.75, 3.05) is 5.32 Å². The van der Waals surface area contributed by atoms with Crippen LogP contribution in [0.5, 0.6) is 0 Å². The first kappa shape index (κ1) is 24.5. The van der Waals surface area contributed by atoms with E-state index < -0.39 is 18.2 Å². The number of aliphatic hydroxyl groups is 1. The Labute approximate surface area is 215 Å². The van der Waals surface area contributed by atoms with Gasteiger partial charge in [0, 0.05) is 35.0 Å². The molecule has 1 aromatic carbocycles. The van der Waals surface area contributed by atoms with Crippen LogP contribution in [0.25, 0.3) is 17.1 Å². The highest BCUT2D eigenvalue weighted by Crippen LogP contribution is 2.49. The van der Waals surface area contributed by atoms with Crippen molar-refractivity contribution in [3.63, 3.8) is 0 Å². The second kappa shape index (κ2) is 8.62. The standard InChI is InChI=1S/C26H25F4N7O/c1-14-23(17-5-7-18(27)8-6-17)35-36(12-16-3-4-16)24(14)33-20-11-21(32-13-31-20)37-15(2)22-19(34-37)9-10-25(22,38)26(28,29)30/h5-8,11,13,16,38H,3-4,9-10,12H2,1-2H3,(H,31,32,33). The fourth-order valence-electron chi connectivity index (χ4n) is 5.13. The summed E-state index contributed by atoms with van der Waals surface area (Å²) in [6, 6.07) is 7.73. The van der Waals surface area contributed by atoms with Crippen molar-refractivity contribution in [1.82, 2.24) is 29.5 Å². The molecule has 0 saturated heterocycles. The Hall–Kier alpha value is -3.80. The normalized spacial score (nSPS) is 19.1. The van der Waals surface area contributed by atoms with Crippen LogP contribution in [0.15, 0.2) is 36.7 Å². The first-order valence-electron chi connectivity index (χ1n) is 12.4. The number of fused-ring (bicyclic) bond motifs is 1. The average Bonchev–Trinajstić information content (AvgIpc) is 3.44. The number of hydrogen-bond acceptors (Lipinski definition) is 6. The van der Waals surface area contributed by atoms with Gasteiger partial charge in [0.25, 0.3) is 0 Å². The molecule has 0 bridgehead atoms. The molecule has 2 N–H and O–H groups in total. The van der Waals surface area contributed by atoms with Gasteiger partial charge in [0.15, 0.2) is 11.4 Å². The third-order valence-electron chi connectivity index (χ3n) is 7.35. The molecule has 6 rings (SSSR count). The zero-order chi connectivity index (χ0) is 26.8. The summed E-state index contributed by atoms with van der Waals surface area (Å²) in [4.78, 5) is 8.54. The van der Waals surface area contributed by atoms with Crippen LogP contribution in [0.3, 0.4) is 0 Å². The molecule has 3 aromatic heterocycles. The maximum Gasteiger partial charge on any atom is 0.421 e. The maximum absolute atomic E-state index is 13.7. The monoisotopic (exact) mass is 527 g/mol. The highest BCUT2D eigenvalue weighted by atomic mass is 19.4. The molecule has 3 heterocycles. The van der Waals surface area contributed by atoms with Crippen molar-refractivity contribution in [2.45, 2.75) is 57.9 Å². The molecule has 0 spiro atoms. The van der Waals surface area contributed by atoms with E-state index in [-0.39, 0.29) is 35.0 Å². The van der Waals surface area contributed by atoms with Crippen molar-refractivity contribution in [1.29, 1.82) is 0 Å². The number of nitrogens with zero attached hydrogens (tertiary/aromatic N) is 6. The lowest BCUT2D eigenvalue weighted by Crippen LogP contribution is -2.40. The van der Waals surface area contributed by atoms with E-state index in [0.717, 1.165) is 24.0 Å². The lowest BCUT2D eigenvalue weighted by Gasteiger charge is -2.26. The number of alkyl halides is 3. The Bertz CT molecular complexity index is 1520. The lowest BCUT2D eigenvalue weighted by atomic mass is 9.95. The molecule has 1 saturated carbocycles. The molecule has 8 nitrogen and oxygen atoms in total. The van der Waals surface area contributed by atoms with Crippen molar-refractivity contribution in [3.8, 4) is 17.1 Å². The van der Waals surface area contributed by atoms with Crippen molar-refractivity contribution in [2.24, 2.45) is 5.92 Å². The summed E-state index contributed by atoms with van der Waals surface area (Å²) < 4.78 is 57.7. The molecule has 2 aliphatic rings. The summed E-state index contributed by atoms with van der Waals surface area (Å²) in [7, 11) is 0. The van der Waals surface area contributed by atoms with E-state index in [9.17, 15) is 22.7 Å². The molecule has 0 aliphatic heterocycles. The largest absolute Gasteiger partial charge is 0.421 e. The SMILES string of the molecule is Cc1c(-c2ccc(F)cc2)nn(CC2CC2)c1Nc1cc(-n2nc3c(c2C)C(O)(C(F)(F)F)CC3)ncn1. The smallest absolute Gasteiger partial charge is 0.376 e. The predicted molar refractivity (Wildman–Crippen MR) is 131 cm³/mol. The van der Waals surface area contributed by atoms with Crippen LogP contribution in [0.2, 0.25) is 0 Å². The van der Waals surface area contributed by atoms with E-state index in [1.54, 1.807) is 18.2 Å². The Balaban J connectivity index is 1.36. The Morgan fingerprint density at radius 3 is 2.53 bits per heavy atom. The number of hydrogen-bond donors (Lipinski definition) is 2. The van der Waals surface area contributed by atoms with E-state index in [2.05, 4.69) is 20.4 Å². The van der Waals surface area contributed by atoms with E-state index in [4.69, 9.17) is 5.10 Å². The van der Waals surface area contributed by atoms with Crippen molar-refractivity contribution in [3.05, 3.63) is 65.0 Å². The molecule has 1 unspecified atom stereocenters. The fraction of sp³-hybridized carbons (Fsp3) is 0.385. The van der Waals surface area contributed by atoms with Gasteiger partial charge in [-0.25, -0.2) is 23.7 Å². The van der Waals surface area contributed by atoms with Gasteiger partial charge in [-0.05, 0) is 69.7 Å². The third-order valence-corrected chi connectivity index (χ3v) is 7.35. The molecule has 198 valence electrons. The number of benzene rings is 1. The molecule has 38 heavy (non-hydrogen) atoms. The van der Waals surface area contributed by atoms with E-state index in [1.807, 2.05) is 11.6 Å². The number of rotatable bonds is 6. The van der Waals surface area contributed by atoms with E-state index in [1.165, 1.54) is 30.1 Å². The van der Waals surface area contributed by atoms with Gasteiger partial charge >= 0.3 is 6.18 Å². The van der Waals surface area contributed by atoms with Gasteiger partial charge < -0.3 is 10.4 Å². The second-order valence-electron chi connectivity index (χ2n) is 10.0. The van der Waals surface area contributed by atoms with Gasteiger partial charge in [-0.1, -0.05) is 0 Å². The first-order chi connectivity index (χ1) is 18.0. The highest BCUT2D eigenvalue weighted by molar-refractivity contribution is 5.71. The second-order valence-corrected chi connectivity index (χ2v) is 10.0. The van der Waals surface area contributed by atoms with Gasteiger partial charge in [0.05, 0.1) is 11.4 Å². The molecule has 1 fully saturated rings. The Morgan fingerprint density at radius 1 is 1.11 bits per heavy atom. The number of halogens is 4. The van der Waals surface area contributed by atoms with Gasteiger partial charge in [-0.2, -0.15) is 23.4 Å². The summed E-state index contributed by atoms with van der Waals surface area (Å²) in [5.74, 6) is 1.58. The number of aryl methyl sites for hydroxylation is 1. The maximum atomic E-state index is 13.7. The molecule has 0 radical (unpaired) electrons. The minimum Gasteiger partial charge on any atom is -0.376 e. The van der Waals surface area contributed by atoms with Crippen molar-refractivity contribution >= 4 is 11.6 Å². The topological polar surface area (TPSA) is 93.7 Å². The van der Waals surface area contributed by atoms with Crippen molar-refractivity contribution < 1.29 is 22.7 Å². The minimum absolute atomic E-state index is 0.0150. The summed E-state index contributed by atoms with van der Waals surface area (Å²) in [5.41, 5.74) is -0.408. The van der Waals surface area contributed by atoms with Crippen LogP contribution in [0.1, 0.15) is 41.8 Å². The first-order valence-corrected chi connectivity index (χ1v) is 12.4. The molecule has 1 atom stereocenters. The van der Waals surface area contributed by atoms with E-state index >= 15 is 0 Å². The molecule has 12 heteroatoms. The Kier molecular flexibility index (Phi) is 5.56. The number of nitrogens with one attached hydrogen (secondary N) is 1. The predicted octanol–water partition coefficient (Wildman–Crippen LogP) is 5.13. The zero-order valence-corrected chi connectivity index (χ0v) is 20.7. The lowest BCUT2D eigenvalue weighted by molar-refractivity contribution is -0.265. The van der Waals surface area contributed by atoms with Gasteiger partial charge in [0.1, 0.15) is 23.8 Å². The number of aromatic nitrogens is 6. The summed E-state index contributed by atoms with van der Waals surface area (Å²) >= 11 is 0. The molecular weight excluding hydrogens is 502 g/mol. The highest BCUT2D eigenvalue weighted by Gasteiger charge is 2.60. The van der Waals surface area contributed by atoms with Crippen LogP contribution in [0, 0.1) is 25.6 Å². The van der Waals surface area contributed by atoms with Crippen LogP contribution in [-0.4, -0.2) is 40.8 Å². The third kappa shape index (κ3) is 4.03. The zero-order valence-electron chi connectivity index (χ0n) is 20.7. The van der Waals surface area contributed by atoms with E-state index in [0.29, 0.717) is 29.8 Å². The summed E-state index contributed by atoms with van der Waals surface area (Å²) in [6.07, 6.45) is -1.70. The van der Waals surface area contributed by atoms with Crippen LogP contribution in [-0.2, 0) is 18.6 Å². The Morgan fingerprint density at radius 2 is 1.84 bits per heavy atom. The fourth-order valence-corrected chi connectivity index (χ4v) is 5.13. The quantitative estimate of drug-likeness (QED) is 0.338. The van der Waals surface area contributed by atoms with Crippen LogP contribution in [0.4, 0.5) is 29.2 Å². The summed E-state index contributed by atoms with van der Waals surface area (Å²) in [5, 5.41) is 22.9. The molecule has 2 aliphatic carbocycles. The number of anilines is 2. The molecular formula is C26H25F4N7O. The van der Waals surface area contributed by atoms with Crippen LogP contribution >= 0.6 is 0 Å². The molecule has 0 amide bonds. The van der Waals surface area contributed by atoms with Gasteiger partial charge in [-0.15, -0.1) is 0 Å². The van der Waals surface area contributed by atoms with Gasteiger partial charge in [-0.3, -0.25) is 0 Å². The average molecular weight is 528 g/mol. The summed E-state index contributed by atoms with van der Waals surface area (Å²) in [6.45, 7) is 4.12. The minimum atomic E-state index is -4.81. The molecule has 4 aromatic rings. The van der Waals surface area contributed by atoms with Crippen LogP contribution < -0.4 is 5.32 Å².